The van der Waals surface area contributed by atoms with Crippen LogP contribution in [0.15, 0.2) is 72.1 Å². The van der Waals surface area contributed by atoms with Crippen LogP contribution < -0.4 is 5.32 Å². The Hall–Kier alpha value is -2.92. The molecule has 0 aliphatic carbocycles. The average Bonchev–Trinajstić information content (AvgIpc) is 3.46. The van der Waals surface area contributed by atoms with Crippen molar-refractivity contribution in [1.29, 1.82) is 0 Å². The molecule has 2 heterocycles. The van der Waals surface area contributed by atoms with E-state index in [-0.39, 0.29) is 11.8 Å². The number of benzene rings is 2. The Bertz CT molecular complexity index is 1030. The van der Waals surface area contributed by atoms with E-state index in [2.05, 4.69) is 35.0 Å². The molecule has 1 aliphatic heterocycles. The lowest BCUT2D eigenvalue weighted by Gasteiger charge is -2.29. The van der Waals surface area contributed by atoms with Crippen molar-refractivity contribution in [1.82, 2.24) is 10.2 Å². The Morgan fingerprint density at radius 2 is 1.81 bits per heavy atom. The van der Waals surface area contributed by atoms with Crippen molar-refractivity contribution in [2.75, 3.05) is 19.6 Å². The minimum absolute atomic E-state index is 0.0472. The predicted octanol–water partition coefficient (Wildman–Crippen LogP) is 4.56. The van der Waals surface area contributed by atoms with Crippen LogP contribution in [0.5, 0.6) is 0 Å². The summed E-state index contributed by atoms with van der Waals surface area (Å²) < 4.78 is 0. The van der Waals surface area contributed by atoms with Gasteiger partial charge in [-0.15, -0.1) is 11.3 Å². The van der Waals surface area contributed by atoms with Crippen LogP contribution in [0.1, 0.15) is 24.5 Å². The standard InChI is InChI=1S/C26H28N2O2S/c1-2-27-25(30)26(18-21-11-6-7-12-22(21)23-13-8-16-31-23)14-15-28(19-26)24(29)17-20-9-4-3-5-10-20/h3-13,16H,2,14-15,17-19H2,1H3,(H,27,30). The first kappa shape index (κ1) is 21.3. The van der Waals surface area contributed by atoms with Gasteiger partial charge in [-0.1, -0.05) is 60.7 Å². The minimum atomic E-state index is -0.601. The number of nitrogens with zero attached hydrogens (tertiary/aromatic N) is 1. The molecule has 0 bridgehead atoms. The van der Waals surface area contributed by atoms with Crippen molar-refractivity contribution >= 4 is 23.2 Å². The third-order valence-electron chi connectivity index (χ3n) is 6.06. The average molecular weight is 433 g/mol. The zero-order valence-electron chi connectivity index (χ0n) is 17.8. The molecule has 1 N–H and O–H groups in total. The smallest absolute Gasteiger partial charge is 0.228 e. The SMILES string of the molecule is CCNC(=O)C1(Cc2ccccc2-c2cccs2)CCN(C(=O)Cc2ccccc2)C1. The number of hydrogen-bond acceptors (Lipinski definition) is 3. The van der Waals surface area contributed by atoms with E-state index in [0.29, 0.717) is 38.9 Å². The van der Waals surface area contributed by atoms with E-state index in [9.17, 15) is 9.59 Å². The third kappa shape index (κ3) is 4.72. The summed E-state index contributed by atoms with van der Waals surface area (Å²) in [6, 6.07) is 22.3. The van der Waals surface area contributed by atoms with Gasteiger partial charge in [-0.3, -0.25) is 9.59 Å². The zero-order chi connectivity index (χ0) is 21.7. The summed E-state index contributed by atoms with van der Waals surface area (Å²) in [7, 11) is 0. The molecule has 4 rings (SSSR count). The topological polar surface area (TPSA) is 49.4 Å². The molecular weight excluding hydrogens is 404 g/mol. The fraction of sp³-hybridized carbons (Fsp3) is 0.308. The highest BCUT2D eigenvalue weighted by Crippen LogP contribution is 2.38. The van der Waals surface area contributed by atoms with Gasteiger partial charge < -0.3 is 10.2 Å². The molecule has 5 heteroatoms. The van der Waals surface area contributed by atoms with E-state index in [1.54, 1.807) is 11.3 Å². The van der Waals surface area contributed by atoms with E-state index in [0.717, 1.165) is 11.1 Å². The summed E-state index contributed by atoms with van der Waals surface area (Å²) >= 11 is 1.71. The Morgan fingerprint density at radius 3 is 2.55 bits per heavy atom. The first-order valence-corrected chi connectivity index (χ1v) is 11.7. The Balaban J connectivity index is 1.58. The second-order valence-electron chi connectivity index (χ2n) is 8.18. The van der Waals surface area contributed by atoms with Gasteiger partial charge in [0.2, 0.25) is 11.8 Å². The number of amides is 2. The predicted molar refractivity (Wildman–Crippen MR) is 126 cm³/mol. The molecule has 31 heavy (non-hydrogen) atoms. The second kappa shape index (κ2) is 9.48. The van der Waals surface area contributed by atoms with Gasteiger partial charge in [0.05, 0.1) is 11.8 Å². The molecule has 1 aromatic heterocycles. The Kier molecular flexibility index (Phi) is 6.52. The van der Waals surface area contributed by atoms with Crippen LogP contribution in [-0.4, -0.2) is 36.3 Å². The van der Waals surface area contributed by atoms with Crippen LogP contribution in [0.4, 0.5) is 0 Å². The second-order valence-corrected chi connectivity index (χ2v) is 9.13. The number of rotatable bonds is 7. The van der Waals surface area contributed by atoms with E-state index in [1.807, 2.05) is 54.3 Å². The molecule has 1 aliphatic rings. The molecule has 0 spiro atoms. The van der Waals surface area contributed by atoms with Crippen molar-refractivity contribution in [2.24, 2.45) is 5.41 Å². The summed E-state index contributed by atoms with van der Waals surface area (Å²) in [6.07, 6.45) is 1.68. The molecule has 2 aromatic carbocycles. The molecule has 160 valence electrons. The lowest BCUT2D eigenvalue weighted by Crippen LogP contribution is -2.45. The molecule has 1 atom stereocenters. The monoisotopic (exact) mass is 432 g/mol. The maximum atomic E-state index is 13.2. The fourth-order valence-corrected chi connectivity index (χ4v) is 5.22. The van der Waals surface area contributed by atoms with Gasteiger partial charge in [-0.25, -0.2) is 0 Å². The highest BCUT2D eigenvalue weighted by atomic mass is 32.1. The Morgan fingerprint density at radius 1 is 1.03 bits per heavy atom. The number of carbonyl (C=O) groups excluding carboxylic acids is 2. The van der Waals surface area contributed by atoms with E-state index in [4.69, 9.17) is 0 Å². The van der Waals surface area contributed by atoms with Crippen LogP contribution in [0.2, 0.25) is 0 Å². The van der Waals surface area contributed by atoms with Gasteiger partial charge >= 0.3 is 0 Å². The summed E-state index contributed by atoms with van der Waals surface area (Å²) in [6.45, 7) is 3.61. The molecule has 4 nitrogen and oxygen atoms in total. The van der Waals surface area contributed by atoms with Crippen LogP contribution in [-0.2, 0) is 22.4 Å². The molecule has 3 aromatic rings. The number of nitrogens with one attached hydrogen (secondary N) is 1. The van der Waals surface area contributed by atoms with Crippen LogP contribution in [0.3, 0.4) is 0 Å². The lowest BCUT2D eigenvalue weighted by molar-refractivity contribution is -0.132. The number of carbonyl (C=O) groups is 2. The maximum Gasteiger partial charge on any atom is 0.228 e. The van der Waals surface area contributed by atoms with Crippen LogP contribution in [0, 0.1) is 5.41 Å². The number of likely N-dealkylation sites (tertiary alicyclic amines) is 1. The summed E-state index contributed by atoms with van der Waals surface area (Å²) in [4.78, 5) is 29.3. The van der Waals surface area contributed by atoms with Gasteiger partial charge in [0.15, 0.2) is 0 Å². The molecule has 1 fully saturated rings. The van der Waals surface area contributed by atoms with E-state index >= 15 is 0 Å². The highest BCUT2D eigenvalue weighted by Gasteiger charge is 2.46. The normalized spacial score (nSPS) is 18.2. The molecule has 1 unspecified atom stereocenters. The summed E-state index contributed by atoms with van der Waals surface area (Å²) in [5, 5.41) is 5.11. The van der Waals surface area contributed by atoms with Crippen LogP contribution >= 0.6 is 11.3 Å². The zero-order valence-corrected chi connectivity index (χ0v) is 18.7. The van der Waals surface area contributed by atoms with Crippen LogP contribution in [0.25, 0.3) is 10.4 Å². The Labute approximate surface area is 187 Å². The summed E-state index contributed by atoms with van der Waals surface area (Å²) in [5.74, 6) is 0.134. The van der Waals surface area contributed by atoms with Gasteiger partial charge in [0, 0.05) is 24.5 Å². The van der Waals surface area contributed by atoms with Crippen molar-refractivity contribution in [2.45, 2.75) is 26.2 Å². The molecule has 1 saturated heterocycles. The van der Waals surface area contributed by atoms with E-state index in [1.165, 1.54) is 10.4 Å². The van der Waals surface area contributed by atoms with Crippen molar-refractivity contribution in [3.63, 3.8) is 0 Å². The van der Waals surface area contributed by atoms with E-state index < -0.39 is 5.41 Å². The largest absolute Gasteiger partial charge is 0.356 e. The van der Waals surface area contributed by atoms with Gasteiger partial charge in [-0.2, -0.15) is 0 Å². The first-order valence-electron chi connectivity index (χ1n) is 10.8. The lowest BCUT2D eigenvalue weighted by atomic mass is 9.78. The van der Waals surface area contributed by atoms with Crippen molar-refractivity contribution in [3.05, 3.63) is 83.2 Å². The maximum absolute atomic E-state index is 13.2. The van der Waals surface area contributed by atoms with Gasteiger partial charge in [0.25, 0.3) is 0 Å². The van der Waals surface area contributed by atoms with Crippen molar-refractivity contribution in [3.8, 4) is 10.4 Å². The van der Waals surface area contributed by atoms with Crippen molar-refractivity contribution < 1.29 is 9.59 Å². The molecule has 0 radical (unpaired) electrons. The number of thiophene rings is 1. The third-order valence-corrected chi connectivity index (χ3v) is 6.96. The summed E-state index contributed by atoms with van der Waals surface area (Å²) in [5.41, 5.74) is 2.74. The van der Waals surface area contributed by atoms with Gasteiger partial charge in [0.1, 0.15) is 0 Å². The minimum Gasteiger partial charge on any atom is -0.356 e. The quantitative estimate of drug-likeness (QED) is 0.595. The molecule has 0 saturated carbocycles. The van der Waals surface area contributed by atoms with Gasteiger partial charge in [-0.05, 0) is 47.9 Å². The molecule has 2 amide bonds. The fourth-order valence-electron chi connectivity index (χ4n) is 4.44. The highest BCUT2D eigenvalue weighted by molar-refractivity contribution is 7.13. The first-order chi connectivity index (χ1) is 15.1. The molecular formula is C26H28N2O2S. The number of hydrogen-bond donors (Lipinski definition) is 1.